The number of aromatic nitrogens is 2. The number of benzene rings is 2. The first-order valence-electron chi connectivity index (χ1n) is 10.6. The Kier molecular flexibility index (Phi) is 6.59. The summed E-state index contributed by atoms with van der Waals surface area (Å²) in [5.74, 6) is 2.39. The van der Waals surface area contributed by atoms with Gasteiger partial charge < -0.3 is 15.1 Å². The summed E-state index contributed by atoms with van der Waals surface area (Å²) in [6, 6.07) is 18.5. The largest absolute Gasteiger partial charge is 0.363 e. The van der Waals surface area contributed by atoms with E-state index >= 15 is 0 Å². The lowest BCUT2D eigenvalue weighted by atomic mass is 10.2. The fourth-order valence-corrected chi connectivity index (χ4v) is 3.80. The molecule has 1 aliphatic rings. The number of nitrogens with zero attached hydrogens (tertiary/aromatic N) is 5. The van der Waals surface area contributed by atoms with Crippen LogP contribution in [0.3, 0.4) is 0 Å². The Balaban J connectivity index is 1.48. The van der Waals surface area contributed by atoms with E-state index < -0.39 is 0 Å². The van der Waals surface area contributed by atoms with Crippen LogP contribution < -0.4 is 15.1 Å². The van der Waals surface area contributed by atoms with E-state index in [-0.39, 0.29) is 0 Å². The molecule has 0 atom stereocenters. The monoisotopic (exact) mass is 436 g/mol. The maximum Gasteiger partial charge on any atom is 0.229 e. The molecule has 162 valence electrons. The van der Waals surface area contributed by atoms with Crippen LogP contribution in [0, 0.1) is 6.92 Å². The molecule has 0 unspecified atom stereocenters. The summed E-state index contributed by atoms with van der Waals surface area (Å²) in [7, 11) is 3.99. The van der Waals surface area contributed by atoms with Crippen LogP contribution in [-0.2, 0) is 6.54 Å². The topological polar surface area (TPSA) is 47.5 Å². The highest BCUT2D eigenvalue weighted by Gasteiger charge is 2.20. The Morgan fingerprint density at radius 1 is 0.968 bits per heavy atom. The minimum Gasteiger partial charge on any atom is -0.363 e. The molecular weight excluding hydrogens is 408 g/mol. The van der Waals surface area contributed by atoms with Crippen molar-refractivity contribution in [2.24, 2.45) is 0 Å². The Bertz CT molecular complexity index is 1020. The van der Waals surface area contributed by atoms with Gasteiger partial charge in [0, 0.05) is 63.6 Å². The van der Waals surface area contributed by atoms with E-state index in [9.17, 15) is 0 Å². The molecule has 2 aromatic carbocycles. The normalized spacial score (nSPS) is 14.5. The average Bonchev–Trinajstić information content (AvgIpc) is 2.77. The van der Waals surface area contributed by atoms with Gasteiger partial charge in [0.25, 0.3) is 0 Å². The van der Waals surface area contributed by atoms with Crippen LogP contribution in [0.4, 0.5) is 23.3 Å². The molecule has 0 aliphatic carbocycles. The van der Waals surface area contributed by atoms with Crippen molar-refractivity contribution in [3.05, 3.63) is 70.7 Å². The number of hydrogen-bond acceptors (Lipinski definition) is 6. The Morgan fingerprint density at radius 3 is 2.39 bits per heavy atom. The molecule has 1 aliphatic heterocycles. The van der Waals surface area contributed by atoms with Crippen molar-refractivity contribution in [1.29, 1.82) is 0 Å². The van der Waals surface area contributed by atoms with E-state index in [1.165, 1.54) is 5.56 Å². The average molecular weight is 437 g/mol. The molecule has 31 heavy (non-hydrogen) atoms. The van der Waals surface area contributed by atoms with Crippen molar-refractivity contribution < 1.29 is 0 Å². The quantitative estimate of drug-likeness (QED) is 0.610. The number of halogens is 1. The Morgan fingerprint density at radius 2 is 1.71 bits per heavy atom. The van der Waals surface area contributed by atoms with Crippen LogP contribution in [0.5, 0.6) is 0 Å². The summed E-state index contributed by atoms with van der Waals surface area (Å²) in [6.07, 6.45) is 0. The summed E-state index contributed by atoms with van der Waals surface area (Å²) in [5.41, 5.74) is 3.32. The second kappa shape index (κ2) is 9.54. The zero-order valence-corrected chi connectivity index (χ0v) is 19.1. The standard InChI is InChI=1S/C24H29ClN6/c1-18-9-10-20(15-21(18)25)26-22-16-23(29(2)3)28-24(27-22)31-13-11-30(12-14-31)17-19-7-5-4-6-8-19/h4-10,15-16H,11-14,17H2,1-3H3,(H,26,27,28). The van der Waals surface area contributed by atoms with E-state index in [4.69, 9.17) is 21.6 Å². The molecule has 6 nitrogen and oxygen atoms in total. The first-order chi connectivity index (χ1) is 15.0. The van der Waals surface area contributed by atoms with Gasteiger partial charge in [-0.05, 0) is 30.2 Å². The molecule has 7 heteroatoms. The highest BCUT2D eigenvalue weighted by atomic mass is 35.5. The summed E-state index contributed by atoms with van der Waals surface area (Å²) < 4.78 is 0. The van der Waals surface area contributed by atoms with Gasteiger partial charge in [0.15, 0.2) is 0 Å². The molecule has 0 spiro atoms. The van der Waals surface area contributed by atoms with Crippen LogP contribution in [0.15, 0.2) is 54.6 Å². The van der Waals surface area contributed by atoms with Gasteiger partial charge in [0.1, 0.15) is 11.6 Å². The van der Waals surface area contributed by atoms with Gasteiger partial charge in [0.2, 0.25) is 5.95 Å². The molecule has 1 fully saturated rings. The highest BCUT2D eigenvalue weighted by molar-refractivity contribution is 6.31. The van der Waals surface area contributed by atoms with E-state index in [1.807, 2.05) is 50.2 Å². The number of piperazine rings is 1. The molecular formula is C24H29ClN6. The lowest BCUT2D eigenvalue weighted by Crippen LogP contribution is -2.46. The van der Waals surface area contributed by atoms with Gasteiger partial charge in [-0.3, -0.25) is 4.90 Å². The van der Waals surface area contributed by atoms with Gasteiger partial charge in [-0.1, -0.05) is 48.0 Å². The van der Waals surface area contributed by atoms with E-state index in [1.54, 1.807) is 0 Å². The van der Waals surface area contributed by atoms with Crippen LogP contribution in [0.25, 0.3) is 0 Å². The van der Waals surface area contributed by atoms with Crippen molar-refractivity contribution in [3.8, 4) is 0 Å². The van der Waals surface area contributed by atoms with E-state index in [0.717, 1.165) is 66.6 Å². The van der Waals surface area contributed by atoms with Crippen molar-refractivity contribution in [2.75, 3.05) is 55.4 Å². The SMILES string of the molecule is Cc1ccc(Nc2cc(N(C)C)nc(N3CCN(Cc4ccccc4)CC3)n2)cc1Cl. The minimum atomic E-state index is 0.738. The molecule has 1 N–H and O–H groups in total. The lowest BCUT2D eigenvalue weighted by Gasteiger charge is -2.35. The molecule has 1 saturated heterocycles. The van der Waals surface area contributed by atoms with Gasteiger partial charge in [0.05, 0.1) is 0 Å². The number of rotatable bonds is 6. The van der Waals surface area contributed by atoms with Crippen LogP contribution in [0.1, 0.15) is 11.1 Å². The first-order valence-corrected chi connectivity index (χ1v) is 11.0. The number of nitrogens with one attached hydrogen (secondary N) is 1. The second-order valence-electron chi connectivity index (χ2n) is 8.14. The summed E-state index contributed by atoms with van der Waals surface area (Å²) in [5, 5.41) is 4.13. The second-order valence-corrected chi connectivity index (χ2v) is 8.55. The lowest BCUT2D eigenvalue weighted by molar-refractivity contribution is 0.249. The van der Waals surface area contributed by atoms with Crippen molar-refractivity contribution in [3.63, 3.8) is 0 Å². The van der Waals surface area contributed by atoms with Crippen LogP contribution in [0.2, 0.25) is 5.02 Å². The Hall–Kier alpha value is -2.83. The van der Waals surface area contributed by atoms with Crippen LogP contribution >= 0.6 is 11.6 Å². The van der Waals surface area contributed by atoms with Crippen LogP contribution in [-0.4, -0.2) is 55.1 Å². The van der Waals surface area contributed by atoms with Gasteiger partial charge in [-0.2, -0.15) is 9.97 Å². The molecule has 0 bridgehead atoms. The molecule has 4 rings (SSSR count). The summed E-state index contributed by atoms with van der Waals surface area (Å²) in [4.78, 5) is 16.4. The van der Waals surface area contributed by atoms with Gasteiger partial charge >= 0.3 is 0 Å². The Labute approximate surface area is 189 Å². The first kappa shape index (κ1) is 21.4. The smallest absolute Gasteiger partial charge is 0.229 e. The van der Waals surface area contributed by atoms with E-state index in [0.29, 0.717) is 0 Å². The zero-order valence-electron chi connectivity index (χ0n) is 18.3. The molecule has 0 saturated carbocycles. The zero-order chi connectivity index (χ0) is 21.8. The van der Waals surface area contributed by atoms with Crippen molar-refractivity contribution >= 4 is 34.9 Å². The number of hydrogen-bond donors (Lipinski definition) is 1. The highest BCUT2D eigenvalue weighted by Crippen LogP contribution is 2.26. The van der Waals surface area contributed by atoms with Crippen molar-refractivity contribution in [1.82, 2.24) is 14.9 Å². The minimum absolute atomic E-state index is 0.738. The molecule has 2 heterocycles. The molecule has 0 radical (unpaired) electrons. The van der Waals surface area contributed by atoms with Crippen molar-refractivity contribution in [2.45, 2.75) is 13.5 Å². The number of aryl methyl sites for hydroxylation is 1. The summed E-state index contributed by atoms with van der Waals surface area (Å²) in [6.45, 7) is 6.76. The maximum atomic E-state index is 6.29. The van der Waals surface area contributed by atoms with E-state index in [2.05, 4.69) is 45.4 Å². The molecule has 1 aromatic heterocycles. The third-order valence-corrected chi connectivity index (χ3v) is 5.91. The fraction of sp³-hybridized carbons (Fsp3) is 0.333. The fourth-order valence-electron chi connectivity index (χ4n) is 3.62. The molecule has 0 amide bonds. The summed E-state index contributed by atoms with van der Waals surface area (Å²) >= 11 is 6.29. The predicted molar refractivity (Wildman–Crippen MR) is 130 cm³/mol. The molecule has 3 aromatic rings. The van der Waals surface area contributed by atoms with Gasteiger partial charge in [-0.15, -0.1) is 0 Å². The third-order valence-electron chi connectivity index (χ3n) is 5.51. The van der Waals surface area contributed by atoms with Gasteiger partial charge in [-0.25, -0.2) is 0 Å². The number of anilines is 4. The third kappa shape index (κ3) is 5.46. The maximum absolute atomic E-state index is 6.29. The predicted octanol–water partition coefficient (Wildman–Crippen LogP) is 4.57.